The number of tetrazole rings is 1. The van der Waals surface area contributed by atoms with Crippen LogP contribution in [0.4, 0.5) is 4.39 Å². The molecule has 0 aliphatic carbocycles. The lowest BCUT2D eigenvalue weighted by Gasteiger charge is -2.07. The minimum absolute atomic E-state index is 0.0589. The van der Waals surface area contributed by atoms with Crippen LogP contribution in [-0.2, 0) is 11.3 Å². The van der Waals surface area contributed by atoms with E-state index in [2.05, 4.69) is 15.4 Å². The molecule has 0 amide bonds. The molecule has 0 saturated carbocycles. The number of aromatic nitrogens is 4. The van der Waals surface area contributed by atoms with E-state index in [1.54, 1.807) is 24.3 Å². The summed E-state index contributed by atoms with van der Waals surface area (Å²) >= 11 is 5.71. The van der Waals surface area contributed by atoms with Gasteiger partial charge in [-0.3, -0.25) is 4.79 Å². The zero-order chi connectivity index (χ0) is 19.4. The molecule has 0 unspecified atom stereocenters. The second-order valence-corrected chi connectivity index (χ2v) is 6.16. The van der Waals surface area contributed by atoms with Crippen LogP contribution in [0.5, 0.6) is 11.5 Å². The van der Waals surface area contributed by atoms with E-state index in [0.717, 1.165) is 0 Å². The summed E-state index contributed by atoms with van der Waals surface area (Å²) in [6.07, 6.45) is -0.190. The van der Waals surface area contributed by atoms with Gasteiger partial charge in [0.1, 0.15) is 5.75 Å². The monoisotopic (exact) mass is 391 g/mol. The summed E-state index contributed by atoms with van der Waals surface area (Å²) in [5.74, 6) is -0.717. The minimum atomic E-state index is -0.990. The van der Waals surface area contributed by atoms with E-state index >= 15 is 0 Å². The van der Waals surface area contributed by atoms with Gasteiger partial charge in [0.25, 0.3) is 0 Å². The molecule has 0 aliphatic heterocycles. The van der Waals surface area contributed by atoms with Crippen molar-refractivity contribution in [3.8, 4) is 22.9 Å². The molecule has 0 fully saturated rings. The predicted molar refractivity (Wildman–Crippen MR) is 95.0 cm³/mol. The summed E-state index contributed by atoms with van der Waals surface area (Å²) < 4.78 is 19.3. The van der Waals surface area contributed by atoms with Gasteiger partial charge in [-0.05, 0) is 47.7 Å². The lowest BCUT2D eigenvalue weighted by molar-refractivity contribution is -0.137. The van der Waals surface area contributed by atoms with Crippen molar-refractivity contribution < 1.29 is 19.0 Å². The molecular weight excluding hydrogens is 377 g/mol. The second kappa shape index (κ2) is 8.11. The summed E-state index contributed by atoms with van der Waals surface area (Å²) in [6.45, 7) is 0.135. The number of hydrogen-bond donors (Lipinski definition) is 2. The van der Waals surface area contributed by atoms with Gasteiger partial charge in [0.05, 0.1) is 13.0 Å². The van der Waals surface area contributed by atoms with Crippen molar-refractivity contribution in [2.24, 2.45) is 5.73 Å². The first-order chi connectivity index (χ1) is 12.9. The predicted octanol–water partition coefficient (Wildman–Crippen LogP) is 2.73. The highest BCUT2D eigenvalue weighted by molar-refractivity contribution is 6.30. The SMILES string of the molecule is N[C@@H](CC(=O)O)Cn1nnc(-c2ccc(Oc3ccc(Cl)cc3F)cc2)n1. The number of halogens is 2. The van der Waals surface area contributed by atoms with E-state index in [9.17, 15) is 9.18 Å². The normalized spacial score (nSPS) is 12.0. The first-order valence-corrected chi connectivity index (χ1v) is 8.27. The van der Waals surface area contributed by atoms with Gasteiger partial charge < -0.3 is 15.6 Å². The third kappa shape index (κ3) is 4.99. The molecule has 8 nitrogen and oxygen atoms in total. The quantitative estimate of drug-likeness (QED) is 0.636. The number of carboxylic acid groups (broad SMARTS) is 1. The van der Waals surface area contributed by atoms with Crippen molar-refractivity contribution in [1.29, 1.82) is 0 Å². The third-order valence-corrected chi connectivity index (χ3v) is 3.76. The molecule has 0 saturated heterocycles. The lowest BCUT2D eigenvalue weighted by atomic mass is 10.2. The molecule has 3 aromatic rings. The Morgan fingerprint density at radius 2 is 2.04 bits per heavy atom. The number of aliphatic carboxylic acids is 1. The van der Waals surface area contributed by atoms with Crippen molar-refractivity contribution in [3.63, 3.8) is 0 Å². The van der Waals surface area contributed by atoms with Crippen molar-refractivity contribution >= 4 is 17.6 Å². The van der Waals surface area contributed by atoms with Gasteiger partial charge in [-0.1, -0.05) is 11.6 Å². The average molecular weight is 392 g/mol. The fourth-order valence-corrected chi connectivity index (χ4v) is 2.45. The van der Waals surface area contributed by atoms with Gasteiger partial charge in [0.15, 0.2) is 11.6 Å². The summed E-state index contributed by atoms with van der Waals surface area (Å²) in [7, 11) is 0. The summed E-state index contributed by atoms with van der Waals surface area (Å²) in [5.41, 5.74) is 6.37. The highest BCUT2D eigenvalue weighted by atomic mass is 35.5. The van der Waals surface area contributed by atoms with Crippen LogP contribution in [-0.4, -0.2) is 37.3 Å². The molecule has 140 valence electrons. The Hall–Kier alpha value is -3.04. The summed E-state index contributed by atoms with van der Waals surface area (Å²) in [4.78, 5) is 11.9. The fraction of sp³-hybridized carbons (Fsp3) is 0.176. The van der Waals surface area contributed by atoms with E-state index < -0.39 is 17.8 Å². The van der Waals surface area contributed by atoms with Crippen molar-refractivity contribution in [3.05, 3.63) is 53.3 Å². The van der Waals surface area contributed by atoms with E-state index in [1.807, 2.05) is 0 Å². The Morgan fingerprint density at radius 1 is 1.30 bits per heavy atom. The first-order valence-electron chi connectivity index (χ1n) is 7.89. The minimum Gasteiger partial charge on any atom is -0.481 e. The number of nitrogens with two attached hydrogens (primary N) is 1. The van der Waals surface area contributed by atoms with Gasteiger partial charge in [-0.2, -0.15) is 4.80 Å². The van der Waals surface area contributed by atoms with E-state index in [1.165, 1.54) is 23.0 Å². The number of carboxylic acids is 1. The number of carbonyl (C=O) groups is 1. The van der Waals surface area contributed by atoms with Gasteiger partial charge in [-0.25, -0.2) is 4.39 Å². The molecule has 2 aromatic carbocycles. The largest absolute Gasteiger partial charge is 0.481 e. The first kappa shape index (κ1) is 18.7. The van der Waals surface area contributed by atoms with Gasteiger partial charge in [-0.15, -0.1) is 10.2 Å². The molecule has 1 aromatic heterocycles. The standard InChI is InChI=1S/C17H15ClFN5O3/c18-11-3-6-15(14(19)7-11)27-13-4-1-10(2-5-13)17-21-23-24(22-17)9-12(20)8-16(25)26/h1-7,12H,8-9,20H2,(H,25,26)/t12-/m0/s1. The lowest BCUT2D eigenvalue weighted by Crippen LogP contribution is -2.30. The zero-order valence-electron chi connectivity index (χ0n) is 13.9. The third-order valence-electron chi connectivity index (χ3n) is 3.52. The molecule has 0 bridgehead atoms. The highest BCUT2D eigenvalue weighted by Crippen LogP contribution is 2.27. The Labute approximate surface area is 158 Å². The average Bonchev–Trinajstić information content (AvgIpc) is 3.05. The number of hydrogen-bond acceptors (Lipinski definition) is 6. The molecule has 10 heteroatoms. The second-order valence-electron chi connectivity index (χ2n) is 5.73. The number of benzene rings is 2. The molecule has 27 heavy (non-hydrogen) atoms. The van der Waals surface area contributed by atoms with Crippen LogP contribution in [0.25, 0.3) is 11.4 Å². The smallest absolute Gasteiger partial charge is 0.304 e. The number of rotatable bonds is 7. The fourth-order valence-electron chi connectivity index (χ4n) is 2.29. The maximum absolute atomic E-state index is 13.8. The molecule has 1 atom stereocenters. The molecule has 3 N–H and O–H groups in total. The Kier molecular flexibility index (Phi) is 5.63. The number of ether oxygens (including phenoxy) is 1. The molecule has 0 aliphatic rings. The topological polar surface area (TPSA) is 116 Å². The van der Waals surface area contributed by atoms with Gasteiger partial charge in [0, 0.05) is 16.6 Å². The van der Waals surface area contributed by atoms with Crippen LogP contribution in [0.1, 0.15) is 6.42 Å². The molecule has 0 radical (unpaired) electrons. The molecule has 1 heterocycles. The van der Waals surface area contributed by atoms with Crippen molar-refractivity contribution in [2.75, 3.05) is 0 Å². The van der Waals surface area contributed by atoms with Crippen molar-refractivity contribution in [2.45, 2.75) is 19.0 Å². The molecular formula is C17H15ClFN5O3. The number of nitrogens with zero attached hydrogens (tertiary/aromatic N) is 4. The Balaban J connectivity index is 1.67. The maximum Gasteiger partial charge on any atom is 0.304 e. The molecule has 3 rings (SSSR count). The van der Waals surface area contributed by atoms with Crippen LogP contribution in [0.15, 0.2) is 42.5 Å². The summed E-state index contributed by atoms with van der Waals surface area (Å²) in [5, 5.41) is 21.0. The molecule has 0 spiro atoms. The van der Waals surface area contributed by atoms with Gasteiger partial charge in [0.2, 0.25) is 5.82 Å². The highest BCUT2D eigenvalue weighted by Gasteiger charge is 2.12. The van der Waals surface area contributed by atoms with Crippen LogP contribution in [0.3, 0.4) is 0 Å². The van der Waals surface area contributed by atoms with E-state index in [-0.39, 0.29) is 23.7 Å². The van der Waals surface area contributed by atoms with Gasteiger partial charge >= 0.3 is 5.97 Å². The summed E-state index contributed by atoms with van der Waals surface area (Å²) in [6, 6.07) is 10.2. The van der Waals surface area contributed by atoms with Crippen LogP contribution in [0, 0.1) is 5.82 Å². The maximum atomic E-state index is 13.8. The van der Waals surface area contributed by atoms with E-state index in [4.69, 9.17) is 27.2 Å². The van der Waals surface area contributed by atoms with Crippen LogP contribution >= 0.6 is 11.6 Å². The van der Waals surface area contributed by atoms with Crippen molar-refractivity contribution in [1.82, 2.24) is 20.2 Å². The Bertz CT molecular complexity index is 948. The van der Waals surface area contributed by atoms with Crippen LogP contribution in [0.2, 0.25) is 5.02 Å². The van der Waals surface area contributed by atoms with Crippen LogP contribution < -0.4 is 10.5 Å². The Morgan fingerprint density at radius 3 is 2.70 bits per heavy atom. The van der Waals surface area contributed by atoms with E-state index in [0.29, 0.717) is 17.1 Å². The zero-order valence-corrected chi connectivity index (χ0v) is 14.7.